The smallest absolute Gasteiger partial charge is 0.330 e. The van der Waals surface area contributed by atoms with Crippen molar-refractivity contribution >= 4 is 22.9 Å². The van der Waals surface area contributed by atoms with E-state index in [2.05, 4.69) is 4.98 Å². The lowest BCUT2D eigenvalue weighted by molar-refractivity contribution is -0.153. The van der Waals surface area contributed by atoms with Crippen LogP contribution in [-0.4, -0.2) is 56.2 Å². The number of rotatable bonds is 3. The van der Waals surface area contributed by atoms with E-state index in [9.17, 15) is 14.7 Å². The number of likely N-dealkylation sites (tertiary alicyclic amines) is 1. The number of piperidine rings is 1. The number of imidazole rings is 1. The third-order valence-corrected chi connectivity index (χ3v) is 4.39. The van der Waals surface area contributed by atoms with E-state index in [-0.39, 0.29) is 18.7 Å². The maximum Gasteiger partial charge on any atom is 0.330 e. The molecule has 0 unspecified atom stereocenters. The molecular weight excluding hydrogens is 286 g/mol. The lowest BCUT2D eigenvalue weighted by Gasteiger charge is -2.39. The molecule has 0 bridgehead atoms. The van der Waals surface area contributed by atoms with Gasteiger partial charge in [-0.25, -0.2) is 9.78 Å². The first kappa shape index (κ1) is 14.5. The summed E-state index contributed by atoms with van der Waals surface area (Å²) in [6, 6.07) is 7.39. The molecule has 0 aliphatic carbocycles. The van der Waals surface area contributed by atoms with Crippen LogP contribution in [0.3, 0.4) is 0 Å². The highest BCUT2D eigenvalue weighted by Gasteiger charge is 2.44. The van der Waals surface area contributed by atoms with Crippen molar-refractivity contribution in [2.45, 2.75) is 18.4 Å². The highest BCUT2D eigenvalue weighted by molar-refractivity contribution is 5.83. The van der Waals surface area contributed by atoms with Crippen LogP contribution in [0.25, 0.3) is 11.0 Å². The van der Waals surface area contributed by atoms with Gasteiger partial charge in [-0.15, -0.1) is 0 Å². The van der Waals surface area contributed by atoms with E-state index in [1.165, 1.54) is 4.90 Å². The molecule has 0 spiro atoms. The Balaban J connectivity index is 1.98. The SMILES string of the molecule is O=C(CO)N1CCC(C(=O)O)(n2cnc3ccccc32)CC1. The lowest BCUT2D eigenvalue weighted by atomic mass is 9.87. The minimum atomic E-state index is -1.11. The van der Waals surface area contributed by atoms with Gasteiger partial charge in [0.1, 0.15) is 12.1 Å². The van der Waals surface area contributed by atoms with Gasteiger partial charge >= 0.3 is 5.97 Å². The van der Waals surface area contributed by atoms with E-state index in [4.69, 9.17) is 5.11 Å². The maximum atomic E-state index is 12.0. The Morgan fingerprint density at radius 2 is 1.91 bits per heavy atom. The molecule has 2 heterocycles. The summed E-state index contributed by atoms with van der Waals surface area (Å²) < 4.78 is 1.70. The Kier molecular flexibility index (Phi) is 3.58. The van der Waals surface area contributed by atoms with E-state index in [1.807, 2.05) is 24.3 Å². The van der Waals surface area contributed by atoms with Crippen molar-refractivity contribution in [2.75, 3.05) is 19.7 Å². The van der Waals surface area contributed by atoms with Crippen molar-refractivity contribution in [3.05, 3.63) is 30.6 Å². The molecule has 1 aliphatic heterocycles. The van der Waals surface area contributed by atoms with Crippen molar-refractivity contribution in [1.82, 2.24) is 14.5 Å². The fraction of sp³-hybridized carbons (Fsp3) is 0.400. The quantitative estimate of drug-likeness (QED) is 0.857. The second-order valence-corrected chi connectivity index (χ2v) is 5.48. The maximum absolute atomic E-state index is 12.0. The van der Waals surface area contributed by atoms with E-state index in [0.29, 0.717) is 13.1 Å². The summed E-state index contributed by atoms with van der Waals surface area (Å²) in [5, 5.41) is 18.7. The Morgan fingerprint density at radius 1 is 1.23 bits per heavy atom. The average Bonchev–Trinajstić information content (AvgIpc) is 2.98. The Labute approximate surface area is 126 Å². The number of aromatic nitrogens is 2. The van der Waals surface area contributed by atoms with Gasteiger partial charge in [0.15, 0.2) is 0 Å². The number of carboxylic acids is 1. The minimum Gasteiger partial charge on any atom is -0.479 e. The molecule has 1 fully saturated rings. The Bertz CT molecular complexity index is 716. The van der Waals surface area contributed by atoms with Gasteiger partial charge in [0.25, 0.3) is 0 Å². The first-order valence-electron chi connectivity index (χ1n) is 7.13. The molecule has 3 rings (SSSR count). The number of nitrogens with zero attached hydrogens (tertiary/aromatic N) is 3. The summed E-state index contributed by atoms with van der Waals surface area (Å²) in [5.74, 6) is -1.29. The topological polar surface area (TPSA) is 95.7 Å². The highest BCUT2D eigenvalue weighted by atomic mass is 16.4. The minimum absolute atomic E-state index is 0.286. The first-order chi connectivity index (χ1) is 10.6. The number of hydrogen-bond acceptors (Lipinski definition) is 4. The van der Waals surface area contributed by atoms with Crippen LogP contribution >= 0.6 is 0 Å². The fourth-order valence-corrected chi connectivity index (χ4v) is 3.08. The van der Waals surface area contributed by atoms with Gasteiger partial charge in [-0.3, -0.25) is 4.79 Å². The predicted octanol–water partition coefficient (Wildman–Crippen LogP) is 0.431. The van der Waals surface area contributed by atoms with Crippen molar-refractivity contribution in [1.29, 1.82) is 0 Å². The molecule has 1 amide bonds. The Morgan fingerprint density at radius 3 is 2.55 bits per heavy atom. The molecule has 2 N–H and O–H groups in total. The summed E-state index contributed by atoms with van der Waals surface area (Å²) in [6.07, 6.45) is 2.13. The van der Waals surface area contributed by atoms with Crippen LogP contribution in [0.5, 0.6) is 0 Å². The molecule has 1 saturated heterocycles. The summed E-state index contributed by atoms with van der Waals surface area (Å²) in [4.78, 5) is 29.3. The van der Waals surface area contributed by atoms with Crippen LogP contribution in [0.15, 0.2) is 30.6 Å². The van der Waals surface area contributed by atoms with Crippen LogP contribution in [0.1, 0.15) is 12.8 Å². The molecule has 1 aromatic carbocycles. The zero-order chi connectivity index (χ0) is 15.7. The fourth-order valence-electron chi connectivity index (χ4n) is 3.08. The molecule has 7 heteroatoms. The molecule has 0 saturated carbocycles. The van der Waals surface area contributed by atoms with E-state index >= 15 is 0 Å². The zero-order valence-corrected chi connectivity index (χ0v) is 12.0. The second kappa shape index (κ2) is 5.42. The molecule has 7 nitrogen and oxygen atoms in total. The van der Waals surface area contributed by atoms with Crippen LogP contribution in [-0.2, 0) is 15.1 Å². The van der Waals surface area contributed by atoms with Crippen LogP contribution < -0.4 is 0 Å². The molecule has 2 aromatic rings. The molecule has 22 heavy (non-hydrogen) atoms. The van der Waals surface area contributed by atoms with Gasteiger partial charge in [-0.2, -0.15) is 0 Å². The molecule has 0 atom stereocenters. The zero-order valence-electron chi connectivity index (χ0n) is 12.0. The van der Waals surface area contributed by atoms with Crippen molar-refractivity contribution in [2.24, 2.45) is 0 Å². The van der Waals surface area contributed by atoms with Crippen molar-refractivity contribution in [3.8, 4) is 0 Å². The normalized spacial score (nSPS) is 17.6. The third-order valence-electron chi connectivity index (χ3n) is 4.39. The first-order valence-corrected chi connectivity index (χ1v) is 7.13. The summed E-state index contributed by atoms with van der Waals surface area (Å²) in [7, 11) is 0. The molecule has 0 radical (unpaired) electrons. The number of aliphatic hydroxyl groups excluding tert-OH is 1. The number of benzene rings is 1. The predicted molar refractivity (Wildman–Crippen MR) is 78.2 cm³/mol. The van der Waals surface area contributed by atoms with E-state index in [1.54, 1.807) is 10.9 Å². The Hall–Kier alpha value is -2.41. The summed E-state index contributed by atoms with van der Waals surface area (Å²) >= 11 is 0. The third kappa shape index (κ3) is 2.14. The number of carbonyl (C=O) groups excluding carboxylic acids is 1. The molecular formula is C15H17N3O4. The van der Waals surface area contributed by atoms with E-state index in [0.717, 1.165) is 11.0 Å². The summed E-state index contributed by atoms with van der Waals surface area (Å²) in [5.41, 5.74) is 0.409. The van der Waals surface area contributed by atoms with Gasteiger partial charge < -0.3 is 19.7 Å². The number of carbonyl (C=O) groups is 2. The van der Waals surface area contributed by atoms with Crippen molar-refractivity contribution < 1.29 is 19.8 Å². The van der Waals surface area contributed by atoms with Crippen LogP contribution in [0.2, 0.25) is 0 Å². The second-order valence-electron chi connectivity index (χ2n) is 5.48. The average molecular weight is 303 g/mol. The number of para-hydroxylation sites is 2. The number of aliphatic hydroxyl groups is 1. The standard InChI is InChI=1S/C15H17N3O4/c19-9-13(20)17-7-5-15(6-8-17,14(21)22)18-10-16-11-3-1-2-4-12(11)18/h1-4,10,19H,5-9H2,(H,21,22). The monoisotopic (exact) mass is 303 g/mol. The highest BCUT2D eigenvalue weighted by Crippen LogP contribution is 2.33. The van der Waals surface area contributed by atoms with Crippen molar-refractivity contribution in [3.63, 3.8) is 0 Å². The van der Waals surface area contributed by atoms with Gasteiger partial charge in [0.05, 0.1) is 17.4 Å². The summed E-state index contributed by atoms with van der Waals surface area (Å²) in [6.45, 7) is 0.0600. The van der Waals surface area contributed by atoms with Crippen LogP contribution in [0, 0.1) is 0 Å². The van der Waals surface area contributed by atoms with E-state index < -0.39 is 18.1 Å². The lowest BCUT2D eigenvalue weighted by Crippen LogP contribution is -2.52. The largest absolute Gasteiger partial charge is 0.479 e. The van der Waals surface area contributed by atoms with Gasteiger partial charge in [-0.1, -0.05) is 12.1 Å². The molecule has 116 valence electrons. The number of fused-ring (bicyclic) bond motifs is 1. The van der Waals surface area contributed by atoms with Gasteiger partial charge in [-0.05, 0) is 25.0 Å². The van der Waals surface area contributed by atoms with Gasteiger partial charge in [0, 0.05) is 13.1 Å². The number of hydrogen-bond donors (Lipinski definition) is 2. The molecule has 1 aliphatic rings. The van der Waals surface area contributed by atoms with Gasteiger partial charge in [0.2, 0.25) is 5.91 Å². The number of amides is 1. The number of carboxylic acid groups (broad SMARTS) is 1. The molecule has 1 aromatic heterocycles. The van der Waals surface area contributed by atoms with Crippen LogP contribution in [0.4, 0.5) is 0 Å². The number of aliphatic carboxylic acids is 1.